The number of thiophene rings is 1. The Hall–Kier alpha value is -0.160. The Balaban J connectivity index is 2.13. The summed E-state index contributed by atoms with van der Waals surface area (Å²) in [5, 5.41) is 2.58. The SMILES string of the molecule is Brc1cc(C(Br)c2cccc3ccccc23)sc1Br. The predicted molar refractivity (Wildman–Crippen MR) is 94.4 cm³/mol. The number of hydrogen-bond acceptors (Lipinski definition) is 1. The minimum Gasteiger partial charge on any atom is -0.131 e. The van der Waals surface area contributed by atoms with E-state index in [1.165, 1.54) is 21.2 Å². The normalized spacial score (nSPS) is 12.8. The van der Waals surface area contributed by atoms with Crippen LogP contribution in [0.3, 0.4) is 0 Å². The van der Waals surface area contributed by atoms with Gasteiger partial charge in [-0.15, -0.1) is 11.3 Å². The van der Waals surface area contributed by atoms with Crippen molar-refractivity contribution in [1.29, 1.82) is 0 Å². The Kier molecular flexibility index (Phi) is 4.13. The van der Waals surface area contributed by atoms with Gasteiger partial charge < -0.3 is 0 Å². The van der Waals surface area contributed by atoms with Gasteiger partial charge in [-0.25, -0.2) is 0 Å². The van der Waals surface area contributed by atoms with Crippen molar-refractivity contribution in [3.63, 3.8) is 0 Å². The molecular formula is C15H9Br3S. The summed E-state index contributed by atoms with van der Waals surface area (Å²) in [6.45, 7) is 0. The Morgan fingerprint density at radius 1 is 0.947 bits per heavy atom. The van der Waals surface area contributed by atoms with Crippen molar-refractivity contribution in [1.82, 2.24) is 0 Å². The Morgan fingerprint density at radius 2 is 1.68 bits per heavy atom. The summed E-state index contributed by atoms with van der Waals surface area (Å²) in [4.78, 5) is 1.50. The molecule has 0 saturated heterocycles. The molecule has 0 spiro atoms. The molecule has 0 amide bonds. The Labute approximate surface area is 141 Å². The zero-order chi connectivity index (χ0) is 13.4. The van der Waals surface area contributed by atoms with E-state index >= 15 is 0 Å². The van der Waals surface area contributed by atoms with Crippen LogP contribution < -0.4 is 0 Å². The number of benzene rings is 2. The molecule has 0 bridgehead atoms. The van der Waals surface area contributed by atoms with Crippen molar-refractivity contribution in [3.8, 4) is 0 Å². The molecular weight excluding hydrogens is 452 g/mol. The number of fused-ring (bicyclic) bond motifs is 1. The van der Waals surface area contributed by atoms with E-state index in [9.17, 15) is 0 Å². The molecule has 0 aliphatic heterocycles. The molecule has 3 aromatic rings. The molecule has 1 unspecified atom stereocenters. The molecule has 1 atom stereocenters. The van der Waals surface area contributed by atoms with Crippen molar-refractivity contribution in [3.05, 3.63) is 67.2 Å². The van der Waals surface area contributed by atoms with E-state index in [4.69, 9.17) is 0 Å². The van der Waals surface area contributed by atoms with E-state index in [1.54, 1.807) is 11.3 Å². The van der Waals surface area contributed by atoms with Crippen molar-refractivity contribution in [2.75, 3.05) is 0 Å². The molecule has 1 heterocycles. The molecule has 96 valence electrons. The van der Waals surface area contributed by atoms with Crippen molar-refractivity contribution in [2.24, 2.45) is 0 Å². The molecule has 3 rings (SSSR count). The molecule has 0 fully saturated rings. The van der Waals surface area contributed by atoms with Crippen LogP contribution in [-0.4, -0.2) is 0 Å². The van der Waals surface area contributed by atoms with Crippen LogP contribution >= 0.6 is 59.1 Å². The fourth-order valence-corrected chi connectivity index (χ4v) is 5.01. The van der Waals surface area contributed by atoms with Gasteiger partial charge in [0.05, 0.1) is 8.61 Å². The van der Waals surface area contributed by atoms with Crippen LogP contribution in [0.2, 0.25) is 0 Å². The van der Waals surface area contributed by atoms with Crippen molar-refractivity contribution < 1.29 is 0 Å². The quantitative estimate of drug-likeness (QED) is 0.364. The fraction of sp³-hybridized carbons (Fsp3) is 0.0667. The summed E-state index contributed by atoms with van der Waals surface area (Å²) in [5.74, 6) is 0. The maximum atomic E-state index is 3.83. The van der Waals surface area contributed by atoms with Crippen molar-refractivity contribution >= 4 is 69.9 Å². The van der Waals surface area contributed by atoms with Gasteiger partial charge in [-0.05, 0) is 54.3 Å². The standard InChI is InChI=1S/C15H9Br3S/c16-12-8-13(19-15(12)18)14(17)11-7-3-5-9-4-1-2-6-10(9)11/h1-8,14H. The van der Waals surface area contributed by atoms with Crippen LogP contribution in [0, 0.1) is 0 Å². The minimum atomic E-state index is 0.214. The zero-order valence-electron chi connectivity index (χ0n) is 9.74. The van der Waals surface area contributed by atoms with Gasteiger partial charge in [-0.3, -0.25) is 0 Å². The lowest BCUT2D eigenvalue weighted by Crippen LogP contribution is -1.91. The second-order valence-corrected chi connectivity index (χ2v) is 8.37. The topological polar surface area (TPSA) is 0 Å². The molecule has 0 saturated carbocycles. The van der Waals surface area contributed by atoms with Crippen molar-refractivity contribution in [2.45, 2.75) is 4.83 Å². The summed E-state index contributed by atoms with van der Waals surface area (Å²) in [7, 11) is 0. The molecule has 2 aromatic carbocycles. The summed E-state index contributed by atoms with van der Waals surface area (Å²) in [6, 6.07) is 17.1. The molecule has 0 nitrogen and oxygen atoms in total. The third kappa shape index (κ3) is 2.68. The van der Waals surface area contributed by atoms with Gasteiger partial charge >= 0.3 is 0 Å². The largest absolute Gasteiger partial charge is 0.131 e. The number of halogens is 3. The first-order valence-electron chi connectivity index (χ1n) is 5.73. The fourth-order valence-electron chi connectivity index (χ4n) is 2.11. The lowest BCUT2D eigenvalue weighted by atomic mass is 10.0. The van der Waals surface area contributed by atoms with Gasteiger partial charge in [-0.1, -0.05) is 58.4 Å². The second kappa shape index (κ2) is 5.68. The number of hydrogen-bond donors (Lipinski definition) is 0. The third-order valence-electron chi connectivity index (χ3n) is 3.01. The first kappa shape index (κ1) is 13.8. The average molecular weight is 461 g/mol. The van der Waals surface area contributed by atoms with Gasteiger partial charge in [0.15, 0.2) is 0 Å². The zero-order valence-corrected chi connectivity index (χ0v) is 15.3. The molecule has 4 heteroatoms. The summed E-state index contributed by atoms with van der Waals surface area (Å²) < 4.78 is 2.24. The maximum absolute atomic E-state index is 3.83. The van der Waals surface area contributed by atoms with Crippen LogP contribution in [-0.2, 0) is 0 Å². The molecule has 19 heavy (non-hydrogen) atoms. The maximum Gasteiger partial charge on any atom is 0.0843 e. The first-order chi connectivity index (χ1) is 9.16. The van der Waals surface area contributed by atoms with E-state index in [2.05, 4.69) is 96.3 Å². The van der Waals surface area contributed by atoms with Gasteiger partial charge in [-0.2, -0.15) is 0 Å². The predicted octanol–water partition coefficient (Wildman–Crippen LogP) is 6.91. The van der Waals surface area contributed by atoms with E-state index in [0.717, 1.165) is 8.26 Å². The number of rotatable bonds is 2. The van der Waals surface area contributed by atoms with Gasteiger partial charge in [0.25, 0.3) is 0 Å². The van der Waals surface area contributed by atoms with E-state index in [1.807, 2.05) is 0 Å². The van der Waals surface area contributed by atoms with E-state index in [-0.39, 0.29) is 4.83 Å². The smallest absolute Gasteiger partial charge is 0.0843 e. The molecule has 0 radical (unpaired) electrons. The highest BCUT2D eigenvalue weighted by Gasteiger charge is 2.16. The third-order valence-corrected chi connectivity index (χ3v) is 7.62. The van der Waals surface area contributed by atoms with Crippen LogP contribution in [0.4, 0.5) is 0 Å². The Morgan fingerprint density at radius 3 is 2.42 bits per heavy atom. The van der Waals surface area contributed by atoms with Crippen LogP contribution in [0.15, 0.2) is 56.8 Å². The van der Waals surface area contributed by atoms with E-state index < -0.39 is 0 Å². The highest BCUT2D eigenvalue weighted by molar-refractivity contribution is 9.13. The summed E-state index contributed by atoms with van der Waals surface area (Å²) in [5.41, 5.74) is 1.30. The minimum absolute atomic E-state index is 0.214. The van der Waals surface area contributed by atoms with Gasteiger partial charge in [0, 0.05) is 9.35 Å². The molecule has 0 N–H and O–H groups in total. The lowest BCUT2D eigenvalue weighted by Gasteiger charge is -2.11. The van der Waals surface area contributed by atoms with Crippen LogP contribution in [0.25, 0.3) is 10.8 Å². The Bertz CT molecular complexity index is 708. The van der Waals surface area contributed by atoms with Gasteiger partial charge in [0.2, 0.25) is 0 Å². The monoisotopic (exact) mass is 458 g/mol. The summed E-state index contributed by atoms with van der Waals surface area (Å²) >= 11 is 12.7. The second-order valence-electron chi connectivity index (χ2n) is 4.20. The summed E-state index contributed by atoms with van der Waals surface area (Å²) in [6.07, 6.45) is 0. The number of alkyl halides is 1. The average Bonchev–Trinajstić information content (AvgIpc) is 2.77. The van der Waals surface area contributed by atoms with E-state index in [0.29, 0.717) is 0 Å². The molecule has 0 aliphatic rings. The lowest BCUT2D eigenvalue weighted by molar-refractivity contribution is 1.25. The van der Waals surface area contributed by atoms with Crippen LogP contribution in [0.5, 0.6) is 0 Å². The highest BCUT2D eigenvalue weighted by Crippen LogP contribution is 2.42. The van der Waals surface area contributed by atoms with Crippen LogP contribution in [0.1, 0.15) is 15.3 Å². The highest BCUT2D eigenvalue weighted by atomic mass is 79.9. The van der Waals surface area contributed by atoms with Gasteiger partial charge in [0.1, 0.15) is 0 Å². The first-order valence-corrected chi connectivity index (χ1v) is 9.05. The molecule has 0 aliphatic carbocycles. The molecule has 1 aromatic heterocycles.